The lowest BCUT2D eigenvalue weighted by Gasteiger charge is -2.58. The number of aliphatic hydroxyl groups excluding tert-OH is 1. The molecule has 7 heteroatoms. The van der Waals surface area contributed by atoms with Gasteiger partial charge in [-0.1, -0.05) is 32.4 Å². The van der Waals surface area contributed by atoms with E-state index in [0.29, 0.717) is 55.0 Å². The van der Waals surface area contributed by atoms with E-state index in [4.69, 9.17) is 0 Å². The molecule has 4 fully saturated rings. The minimum atomic E-state index is -3.25. The molecule has 3 saturated carbocycles. The molecule has 0 bridgehead atoms. The number of allylic oxidation sites excluding steroid dienone is 1. The molecule has 0 aromatic carbocycles. The predicted octanol–water partition coefficient (Wildman–Crippen LogP) is 4.88. The highest BCUT2D eigenvalue weighted by molar-refractivity contribution is 7.90. The molecule has 0 aromatic rings. The number of carbonyl (C=O) groups excluding carboxylic acids is 1. The number of carbonyl (C=O) groups is 1. The fourth-order valence-corrected chi connectivity index (χ4v) is 11.1. The van der Waals surface area contributed by atoms with Gasteiger partial charge in [0.15, 0.2) is 0 Å². The highest BCUT2D eigenvalue weighted by Crippen LogP contribution is 2.67. The molecular formula is C30H50N2O4S. The number of hydrogen-bond acceptors (Lipinski definition) is 4. The van der Waals surface area contributed by atoms with Crippen molar-refractivity contribution in [2.75, 3.05) is 20.1 Å². The van der Waals surface area contributed by atoms with Gasteiger partial charge in [-0.2, -0.15) is 0 Å². The molecule has 1 saturated heterocycles. The molecule has 6 nitrogen and oxygen atoms in total. The van der Waals surface area contributed by atoms with Crippen LogP contribution in [0.2, 0.25) is 0 Å². The van der Waals surface area contributed by atoms with Crippen molar-refractivity contribution in [2.24, 2.45) is 40.4 Å². The van der Waals surface area contributed by atoms with Crippen LogP contribution in [0.4, 0.5) is 0 Å². The summed E-state index contributed by atoms with van der Waals surface area (Å²) in [6, 6.07) is 0. The number of sulfonamides is 1. The van der Waals surface area contributed by atoms with E-state index in [1.807, 2.05) is 4.90 Å². The Bertz CT molecular complexity index is 1000. The van der Waals surface area contributed by atoms with Gasteiger partial charge in [0.05, 0.1) is 11.4 Å². The van der Waals surface area contributed by atoms with Gasteiger partial charge in [-0.15, -0.1) is 0 Å². The SMILES string of the molecule is CNS(=O)(=O)C1CCN(C(=O)CC[C@@H](C)[C@H]2CC[C@H]3[C@@H]4CC=C5C[C@@H](O)CC[C@]5(C)[C@H]4CC[C@]23C)CC1. The van der Waals surface area contributed by atoms with Gasteiger partial charge in [-0.3, -0.25) is 4.79 Å². The van der Waals surface area contributed by atoms with Crippen molar-refractivity contribution in [3.05, 3.63) is 11.6 Å². The molecule has 0 radical (unpaired) electrons. The number of amides is 1. The van der Waals surface area contributed by atoms with Crippen LogP contribution >= 0.6 is 0 Å². The summed E-state index contributed by atoms with van der Waals surface area (Å²) in [7, 11) is -1.78. The fraction of sp³-hybridized carbons (Fsp3) is 0.900. The minimum Gasteiger partial charge on any atom is -0.393 e. The monoisotopic (exact) mass is 534 g/mol. The molecule has 1 amide bonds. The van der Waals surface area contributed by atoms with Crippen molar-refractivity contribution in [2.45, 2.75) is 109 Å². The zero-order valence-corrected chi connectivity index (χ0v) is 24.4. The largest absolute Gasteiger partial charge is 0.393 e. The number of fused-ring (bicyclic) bond motifs is 5. The van der Waals surface area contributed by atoms with Crippen molar-refractivity contribution in [3.63, 3.8) is 0 Å². The third-order valence-corrected chi connectivity index (χ3v) is 14.1. The average Bonchev–Trinajstić information content (AvgIpc) is 3.25. The molecule has 8 atom stereocenters. The number of rotatable bonds is 6. The molecule has 5 aliphatic rings. The first-order chi connectivity index (χ1) is 17.5. The summed E-state index contributed by atoms with van der Waals surface area (Å²) in [5.74, 6) is 3.74. The summed E-state index contributed by atoms with van der Waals surface area (Å²) < 4.78 is 26.6. The van der Waals surface area contributed by atoms with Crippen LogP contribution in [0.1, 0.15) is 97.8 Å². The van der Waals surface area contributed by atoms with E-state index in [1.54, 1.807) is 5.57 Å². The second-order valence-corrected chi connectivity index (χ2v) is 15.9. The molecule has 1 aliphatic heterocycles. The maximum atomic E-state index is 13.0. The Morgan fingerprint density at radius 3 is 2.54 bits per heavy atom. The molecule has 0 aromatic heterocycles. The molecule has 5 rings (SSSR count). The van der Waals surface area contributed by atoms with E-state index in [1.165, 1.54) is 39.2 Å². The van der Waals surface area contributed by atoms with E-state index < -0.39 is 10.0 Å². The van der Waals surface area contributed by atoms with Crippen molar-refractivity contribution in [3.8, 4) is 0 Å². The number of piperidine rings is 1. The van der Waals surface area contributed by atoms with Gasteiger partial charge in [0.2, 0.25) is 15.9 Å². The lowest BCUT2D eigenvalue weighted by atomic mass is 9.47. The maximum absolute atomic E-state index is 13.0. The number of nitrogens with zero attached hydrogens (tertiary/aromatic N) is 1. The zero-order chi connectivity index (χ0) is 26.6. The summed E-state index contributed by atoms with van der Waals surface area (Å²) in [5.41, 5.74) is 2.21. The van der Waals surface area contributed by atoms with Crippen LogP contribution in [0, 0.1) is 40.4 Å². The van der Waals surface area contributed by atoms with Crippen molar-refractivity contribution < 1.29 is 18.3 Å². The first kappa shape index (κ1) is 27.6. The van der Waals surface area contributed by atoms with Gasteiger partial charge in [0, 0.05) is 19.5 Å². The Labute approximate surface area is 225 Å². The van der Waals surface area contributed by atoms with Crippen molar-refractivity contribution in [1.82, 2.24) is 9.62 Å². The zero-order valence-electron chi connectivity index (χ0n) is 23.5. The Morgan fingerprint density at radius 2 is 1.84 bits per heavy atom. The summed E-state index contributed by atoms with van der Waals surface area (Å²) in [4.78, 5) is 14.9. The minimum absolute atomic E-state index is 0.142. The first-order valence-electron chi connectivity index (χ1n) is 15.1. The van der Waals surface area contributed by atoms with Gasteiger partial charge < -0.3 is 10.0 Å². The smallest absolute Gasteiger partial charge is 0.222 e. The van der Waals surface area contributed by atoms with Gasteiger partial charge >= 0.3 is 0 Å². The summed E-state index contributed by atoms with van der Waals surface area (Å²) >= 11 is 0. The van der Waals surface area contributed by atoms with Gasteiger partial charge in [-0.25, -0.2) is 13.1 Å². The number of likely N-dealkylation sites (tertiary alicyclic amines) is 1. The van der Waals surface area contributed by atoms with Crippen LogP contribution in [0.25, 0.3) is 0 Å². The second kappa shape index (κ2) is 10.2. The van der Waals surface area contributed by atoms with Crippen molar-refractivity contribution in [1.29, 1.82) is 0 Å². The topological polar surface area (TPSA) is 86.7 Å². The summed E-state index contributed by atoms with van der Waals surface area (Å²) in [5, 5.41) is 9.90. The summed E-state index contributed by atoms with van der Waals surface area (Å²) in [6.07, 6.45) is 14.4. The average molecular weight is 535 g/mol. The third kappa shape index (κ3) is 4.84. The van der Waals surface area contributed by atoms with Crippen LogP contribution in [-0.4, -0.2) is 55.8 Å². The quantitative estimate of drug-likeness (QED) is 0.476. The van der Waals surface area contributed by atoms with Crippen LogP contribution in [0.15, 0.2) is 11.6 Å². The van der Waals surface area contributed by atoms with Gasteiger partial charge in [-0.05, 0) is 118 Å². The number of aliphatic hydroxyl groups is 1. The Hall–Kier alpha value is -0.920. The van der Waals surface area contributed by atoms with Crippen LogP contribution in [-0.2, 0) is 14.8 Å². The number of nitrogens with one attached hydrogen (secondary N) is 1. The molecule has 210 valence electrons. The Morgan fingerprint density at radius 1 is 1.11 bits per heavy atom. The van der Waals surface area contributed by atoms with E-state index >= 15 is 0 Å². The molecule has 37 heavy (non-hydrogen) atoms. The second-order valence-electron chi connectivity index (χ2n) is 13.7. The van der Waals surface area contributed by atoms with Crippen molar-refractivity contribution >= 4 is 15.9 Å². The van der Waals surface area contributed by atoms with Crippen LogP contribution in [0.3, 0.4) is 0 Å². The number of hydrogen-bond donors (Lipinski definition) is 2. The van der Waals surface area contributed by atoms with Gasteiger partial charge in [0.1, 0.15) is 0 Å². The van der Waals surface area contributed by atoms with Crippen LogP contribution < -0.4 is 4.72 Å². The molecule has 0 spiro atoms. The molecular weight excluding hydrogens is 484 g/mol. The molecule has 2 N–H and O–H groups in total. The molecule has 1 heterocycles. The van der Waals surface area contributed by atoms with Crippen LogP contribution in [0.5, 0.6) is 0 Å². The highest BCUT2D eigenvalue weighted by Gasteiger charge is 2.59. The Balaban J connectivity index is 1.18. The fourth-order valence-electron chi connectivity index (χ4n) is 9.91. The third-order valence-electron chi connectivity index (χ3n) is 12.2. The first-order valence-corrected chi connectivity index (χ1v) is 16.6. The lowest BCUT2D eigenvalue weighted by molar-refractivity contribution is -0.132. The maximum Gasteiger partial charge on any atom is 0.222 e. The van der Waals surface area contributed by atoms with Gasteiger partial charge in [0.25, 0.3) is 0 Å². The van der Waals surface area contributed by atoms with E-state index in [0.717, 1.165) is 43.4 Å². The highest BCUT2D eigenvalue weighted by atomic mass is 32.2. The van der Waals surface area contributed by atoms with E-state index in [2.05, 4.69) is 31.6 Å². The van der Waals surface area contributed by atoms with E-state index in [9.17, 15) is 18.3 Å². The summed E-state index contributed by atoms with van der Waals surface area (Å²) in [6.45, 7) is 8.56. The predicted molar refractivity (Wildman–Crippen MR) is 147 cm³/mol. The standard InChI is InChI=1S/C30H50N2O4S/c1-20(5-10-28(34)32-17-13-23(14-18-32)37(35,36)31-4)25-8-9-26-24-7-6-21-19-22(33)11-15-29(21,2)27(24)12-16-30(25,26)3/h6,20,22-27,31,33H,5,7-19H2,1-4H3/t20-,22+,24+,25-,26+,27+,29+,30-/m1/s1. The molecule has 4 aliphatic carbocycles. The molecule has 0 unspecified atom stereocenters. The Kier molecular flexibility index (Phi) is 7.65. The van der Waals surface area contributed by atoms with E-state index in [-0.39, 0.29) is 17.3 Å². The normalized spacial score (nSPS) is 41.4. The lowest BCUT2D eigenvalue weighted by Crippen LogP contribution is -2.50.